The second kappa shape index (κ2) is 8.14. The number of halogens is 2. The monoisotopic (exact) mass is 431 g/mol. The quantitative estimate of drug-likeness (QED) is 0.619. The number of pyridine rings is 1. The topological polar surface area (TPSA) is 99.6 Å². The summed E-state index contributed by atoms with van der Waals surface area (Å²) in [5.74, 6) is -4.04. The van der Waals surface area contributed by atoms with Crippen LogP contribution >= 0.6 is 0 Å². The number of benzene rings is 1. The molecule has 1 aromatic carbocycles. The number of rotatable bonds is 6. The lowest BCUT2D eigenvalue weighted by Gasteiger charge is -2.33. The average molecular weight is 431 g/mol. The van der Waals surface area contributed by atoms with Crippen molar-refractivity contribution in [3.05, 3.63) is 52.9 Å². The minimum atomic E-state index is -3.04. The van der Waals surface area contributed by atoms with Gasteiger partial charge in [-0.25, -0.2) is 13.8 Å². The predicted octanol–water partition coefficient (Wildman–Crippen LogP) is 3.53. The maximum Gasteiger partial charge on any atom is 0.267 e. The number of aromatic nitrogens is 1. The molecule has 1 aliphatic rings. The van der Waals surface area contributed by atoms with Crippen molar-refractivity contribution < 1.29 is 27.5 Å². The molecule has 0 saturated carbocycles. The third-order valence-electron chi connectivity index (χ3n) is 5.53. The average Bonchev–Trinajstić information content (AvgIpc) is 3.08. The molecule has 2 aromatic heterocycles. The van der Waals surface area contributed by atoms with Gasteiger partial charge < -0.3 is 24.9 Å². The molecule has 3 aromatic rings. The van der Waals surface area contributed by atoms with E-state index in [1.165, 1.54) is 7.11 Å². The molecule has 3 N–H and O–H groups in total. The molecule has 1 amide bonds. The van der Waals surface area contributed by atoms with Crippen molar-refractivity contribution in [1.82, 2.24) is 10.3 Å². The van der Waals surface area contributed by atoms with Crippen molar-refractivity contribution >= 4 is 16.9 Å². The zero-order chi connectivity index (χ0) is 22.2. The van der Waals surface area contributed by atoms with Crippen LogP contribution in [0.1, 0.15) is 39.6 Å². The van der Waals surface area contributed by atoms with Crippen LogP contribution in [-0.2, 0) is 6.61 Å². The molecule has 9 heteroatoms. The number of carbonyl (C=O) groups is 1. The normalized spacial score (nSPS) is 18.1. The molecule has 0 aliphatic carbocycles. The number of piperidine rings is 1. The Morgan fingerprint density at radius 1 is 1.39 bits per heavy atom. The van der Waals surface area contributed by atoms with Crippen molar-refractivity contribution in [3.63, 3.8) is 0 Å². The van der Waals surface area contributed by atoms with Gasteiger partial charge in [0.05, 0.1) is 30.7 Å². The van der Waals surface area contributed by atoms with Gasteiger partial charge in [0.2, 0.25) is 5.88 Å². The van der Waals surface area contributed by atoms with Crippen molar-refractivity contribution in [3.8, 4) is 11.6 Å². The minimum Gasteiger partial charge on any atom is -0.488 e. The molecule has 164 valence electrons. The highest BCUT2D eigenvalue weighted by Crippen LogP contribution is 2.47. The summed E-state index contributed by atoms with van der Waals surface area (Å²) >= 11 is 0. The SMILES string of the molecule is COc1ncccc1COc1ccc2oc(C)c(C(N)=O)c2c1C1CCNCC1(F)F. The Kier molecular flexibility index (Phi) is 5.53. The number of ether oxygens (including phenoxy) is 2. The van der Waals surface area contributed by atoms with Gasteiger partial charge in [-0.2, -0.15) is 0 Å². The van der Waals surface area contributed by atoms with Gasteiger partial charge in [0.15, 0.2) is 0 Å². The third-order valence-corrected chi connectivity index (χ3v) is 5.53. The van der Waals surface area contributed by atoms with Gasteiger partial charge in [-0.3, -0.25) is 4.79 Å². The lowest BCUT2D eigenvalue weighted by atomic mass is 9.83. The van der Waals surface area contributed by atoms with Gasteiger partial charge in [-0.15, -0.1) is 0 Å². The van der Waals surface area contributed by atoms with E-state index in [1.54, 1.807) is 37.4 Å². The number of fused-ring (bicyclic) bond motifs is 1. The molecule has 4 rings (SSSR count). The van der Waals surface area contributed by atoms with Crippen LogP contribution in [0.5, 0.6) is 11.6 Å². The zero-order valence-corrected chi connectivity index (χ0v) is 17.2. The second-order valence-electron chi connectivity index (χ2n) is 7.49. The third kappa shape index (κ3) is 3.81. The molecule has 1 saturated heterocycles. The molecular weight excluding hydrogens is 408 g/mol. The number of hydrogen-bond donors (Lipinski definition) is 2. The standard InChI is InChI=1S/C22H23F2N3O4/c1-12-17(20(25)28)19-16(31-12)6-5-15(18(19)14-7-9-26-11-22(14,23)24)30-10-13-4-3-8-27-21(13)29-2/h3-6,8,14,26H,7,9-11H2,1-2H3,(H2,25,28). The van der Waals surface area contributed by atoms with Crippen LogP contribution in [0.25, 0.3) is 11.0 Å². The van der Waals surface area contributed by atoms with Gasteiger partial charge in [0.1, 0.15) is 23.7 Å². The van der Waals surface area contributed by atoms with Gasteiger partial charge >= 0.3 is 0 Å². The van der Waals surface area contributed by atoms with Gasteiger partial charge in [-0.1, -0.05) is 0 Å². The highest BCUT2D eigenvalue weighted by Gasteiger charge is 2.45. The van der Waals surface area contributed by atoms with E-state index in [1.807, 2.05) is 0 Å². The Morgan fingerprint density at radius 3 is 2.90 bits per heavy atom. The number of methoxy groups -OCH3 is 1. The van der Waals surface area contributed by atoms with Crippen molar-refractivity contribution in [2.75, 3.05) is 20.2 Å². The van der Waals surface area contributed by atoms with E-state index in [4.69, 9.17) is 19.6 Å². The maximum atomic E-state index is 15.0. The maximum absolute atomic E-state index is 15.0. The van der Waals surface area contributed by atoms with Crippen LogP contribution in [0.15, 0.2) is 34.9 Å². The van der Waals surface area contributed by atoms with E-state index in [-0.39, 0.29) is 41.1 Å². The Hall–Kier alpha value is -3.20. The van der Waals surface area contributed by atoms with E-state index < -0.39 is 24.3 Å². The number of alkyl halides is 2. The summed E-state index contributed by atoms with van der Waals surface area (Å²) in [6.45, 7) is 1.59. The fraction of sp³-hybridized carbons (Fsp3) is 0.364. The van der Waals surface area contributed by atoms with E-state index in [0.717, 1.165) is 0 Å². The Morgan fingerprint density at radius 2 is 2.19 bits per heavy atom. The van der Waals surface area contributed by atoms with Crippen LogP contribution in [0, 0.1) is 6.92 Å². The van der Waals surface area contributed by atoms with E-state index >= 15 is 0 Å². The number of furan rings is 1. The zero-order valence-electron chi connectivity index (χ0n) is 17.2. The smallest absolute Gasteiger partial charge is 0.267 e. The number of nitrogens with zero attached hydrogens (tertiary/aromatic N) is 1. The molecular formula is C22H23F2N3O4. The second-order valence-corrected chi connectivity index (χ2v) is 7.49. The number of nitrogens with one attached hydrogen (secondary N) is 1. The molecule has 0 bridgehead atoms. The van der Waals surface area contributed by atoms with Crippen LogP contribution < -0.4 is 20.5 Å². The Bertz CT molecular complexity index is 1130. The summed E-state index contributed by atoms with van der Waals surface area (Å²) in [6, 6.07) is 6.70. The van der Waals surface area contributed by atoms with Crippen molar-refractivity contribution in [2.45, 2.75) is 31.8 Å². The van der Waals surface area contributed by atoms with Crippen LogP contribution in [0.4, 0.5) is 8.78 Å². The fourth-order valence-corrected chi connectivity index (χ4v) is 4.15. The first-order chi connectivity index (χ1) is 14.8. The molecule has 1 fully saturated rings. The minimum absolute atomic E-state index is 0.0504. The number of carbonyl (C=O) groups excluding carboxylic acids is 1. The summed E-state index contributed by atoms with van der Waals surface area (Å²) < 4.78 is 46.9. The molecule has 1 aliphatic heterocycles. The first-order valence-corrected chi connectivity index (χ1v) is 9.88. The number of primary amides is 1. The Labute approximate surface area is 177 Å². The number of hydrogen-bond acceptors (Lipinski definition) is 6. The first kappa shape index (κ1) is 21.0. The van der Waals surface area contributed by atoms with Gasteiger partial charge in [0, 0.05) is 17.1 Å². The molecule has 3 heterocycles. The summed E-state index contributed by atoms with van der Waals surface area (Å²) in [5, 5.41) is 3.01. The first-order valence-electron chi connectivity index (χ1n) is 9.88. The van der Waals surface area contributed by atoms with E-state index in [0.29, 0.717) is 23.6 Å². The summed E-state index contributed by atoms with van der Waals surface area (Å²) in [6.07, 6.45) is 1.75. The molecule has 1 atom stereocenters. The molecule has 1 unspecified atom stereocenters. The summed E-state index contributed by atoms with van der Waals surface area (Å²) in [7, 11) is 1.49. The highest BCUT2D eigenvalue weighted by atomic mass is 19.3. The number of amides is 1. The molecule has 0 spiro atoms. The van der Waals surface area contributed by atoms with Crippen molar-refractivity contribution in [2.24, 2.45) is 5.73 Å². The van der Waals surface area contributed by atoms with Gasteiger partial charge in [0.25, 0.3) is 11.8 Å². The number of nitrogens with two attached hydrogens (primary N) is 1. The predicted molar refractivity (Wildman–Crippen MR) is 110 cm³/mol. The van der Waals surface area contributed by atoms with Crippen molar-refractivity contribution in [1.29, 1.82) is 0 Å². The van der Waals surface area contributed by atoms with E-state index in [9.17, 15) is 13.6 Å². The van der Waals surface area contributed by atoms with E-state index in [2.05, 4.69) is 10.3 Å². The molecule has 7 nitrogen and oxygen atoms in total. The van der Waals surface area contributed by atoms with Crippen LogP contribution in [-0.4, -0.2) is 37.0 Å². The largest absolute Gasteiger partial charge is 0.488 e. The Balaban J connectivity index is 1.86. The highest BCUT2D eigenvalue weighted by molar-refractivity contribution is 6.08. The fourth-order valence-electron chi connectivity index (χ4n) is 4.15. The summed E-state index contributed by atoms with van der Waals surface area (Å²) in [4.78, 5) is 16.3. The van der Waals surface area contributed by atoms with Gasteiger partial charge in [-0.05, 0) is 44.2 Å². The van der Waals surface area contributed by atoms with Crippen LogP contribution in [0.2, 0.25) is 0 Å². The summed E-state index contributed by atoms with van der Waals surface area (Å²) in [5.41, 5.74) is 6.89. The van der Waals surface area contributed by atoms with Crippen LogP contribution in [0.3, 0.4) is 0 Å². The molecule has 31 heavy (non-hydrogen) atoms. The number of aryl methyl sites for hydroxylation is 1. The molecule has 0 radical (unpaired) electrons. The lowest BCUT2D eigenvalue weighted by molar-refractivity contribution is -0.0423. The lowest BCUT2D eigenvalue weighted by Crippen LogP contribution is -2.44.